The van der Waals surface area contributed by atoms with E-state index in [0.717, 1.165) is 31.7 Å². The van der Waals surface area contributed by atoms with Crippen molar-refractivity contribution in [3.05, 3.63) is 54.2 Å². The zero-order chi connectivity index (χ0) is 21.0. The predicted molar refractivity (Wildman–Crippen MR) is 116 cm³/mol. The minimum Gasteiger partial charge on any atom is -0.356 e. The van der Waals surface area contributed by atoms with Crippen LogP contribution in [0.5, 0.6) is 0 Å². The molecule has 2 saturated heterocycles. The van der Waals surface area contributed by atoms with E-state index in [9.17, 15) is 13.2 Å². The molecule has 1 aromatic heterocycles. The highest BCUT2D eigenvalue weighted by molar-refractivity contribution is 7.89. The molecule has 4 rings (SSSR count). The average molecular weight is 429 g/mol. The van der Waals surface area contributed by atoms with Gasteiger partial charge in [0, 0.05) is 38.4 Å². The van der Waals surface area contributed by atoms with Gasteiger partial charge in [-0.2, -0.15) is 0 Å². The first-order valence-corrected chi connectivity index (χ1v) is 12.1. The van der Waals surface area contributed by atoms with E-state index < -0.39 is 10.0 Å². The summed E-state index contributed by atoms with van der Waals surface area (Å²) in [5, 5.41) is 0. The maximum atomic E-state index is 13.2. The number of amides is 1. The van der Waals surface area contributed by atoms with Gasteiger partial charge in [0.25, 0.3) is 5.91 Å². The predicted octanol–water partition coefficient (Wildman–Crippen LogP) is 2.66. The fraction of sp³-hybridized carbons (Fsp3) is 0.455. The third-order valence-electron chi connectivity index (χ3n) is 5.83. The first kappa shape index (κ1) is 20.8. The van der Waals surface area contributed by atoms with Crippen molar-refractivity contribution < 1.29 is 13.2 Å². The standard InChI is InChI=1S/C22H28N4O3S/c27-22(20-10-7-13-23-21(20)25-14-5-2-6-15-25)26-16-11-18(12-17-26)24-30(28,29)19-8-3-1-4-9-19/h1,3-4,7-10,13,18,24H,2,5-6,11-12,14-17H2. The van der Waals surface area contributed by atoms with Crippen LogP contribution in [0.1, 0.15) is 42.5 Å². The van der Waals surface area contributed by atoms with E-state index in [1.807, 2.05) is 11.0 Å². The SMILES string of the molecule is O=C(c1cccnc1N1CCCCC1)N1CCC(NS(=O)(=O)c2ccccc2)CC1. The second kappa shape index (κ2) is 9.14. The Morgan fingerprint density at radius 3 is 2.33 bits per heavy atom. The van der Waals surface area contributed by atoms with Crippen LogP contribution in [-0.2, 0) is 10.0 Å². The van der Waals surface area contributed by atoms with Gasteiger partial charge in [0.2, 0.25) is 10.0 Å². The Kier molecular flexibility index (Phi) is 6.34. The summed E-state index contributed by atoms with van der Waals surface area (Å²) in [5.74, 6) is 0.752. The van der Waals surface area contributed by atoms with Crippen LogP contribution in [0.15, 0.2) is 53.6 Å². The van der Waals surface area contributed by atoms with Crippen LogP contribution in [0, 0.1) is 0 Å². The van der Waals surface area contributed by atoms with Crippen LogP contribution >= 0.6 is 0 Å². The van der Waals surface area contributed by atoms with E-state index in [-0.39, 0.29) is 16.8 Å². The lowest BCUT2D eigenvalue weighted by Crippen LogP contribution is -2.46. The van der Waals surface area contributed by atoms with Gasteiger partial charge in [-0.1, -0.05) is 18.2 Å². The number of rotatable bonds is 5. The number of benzene rings is 1. The maximum Gasteiger partial charge on any atom is 0.257 e. The summed E-state index contributed by atoms with van der Waals surface area (Å²) in [7, 11) is -3.54. The highest BCUT2D eigenvalue weighted by atomic mass is 32.2. The van der Waals surface area contributed by atoms with Gasteiger partial charge < -0.3 is 9.80 Å². The van der Waals surface area contributed by atoms with Crippen molar-refractivity contribution in [1.82, 2.24) is 14.6 Å². The zero-order valence-corrected chi connectivity index (χ0v) is 17.9. The second-order valence-electron chi connectivity index (χ2n) is 7.92. The van der Waals surface area contributed by atoms with Crippen LogP contribution in [0.25, 0.3) is 0 Å². The number of piperidine rings is 2. The number of likely N-dealkylation sites (tertiary alicyclic amines) is 1. The Morgan fingerprint density at radius 2 is 1.63 bits per heavy atom. The number of nitrogens with one attached hydrogen (secondary N) is 1. The van der Waals surface area contributed by atoms with Crippen molar-refractivity contribution in [1.29, 1.82) is 0 Å². The lowest BCUT2D eigenvalue weighted by molar-refractivity contribution is 0.0711. The van der Waals surface area contributed by atoms with Gasteiger partial charge in [-0.3, -0.25) is 4.79 Å². The van der Waals surface area contributed by atoms with Gasteiger partial charge in [0.05, 0.1) is 10.5 Å². The molecule has 0 aliphatic carbocycles. The number of hydrogen-bond acceptors (Lipinski definition) is 5. The van der Waals surface area contributed by atoms with Crippen molar-refractivity contribution in [3.63, 3.8) is 0 Å². The third-order valence-corrected chi connectivity index (χ3v) is 7.37. The molecular formula is C22H28N4O3S. The fourth-order valence-corrected chi connectivity index (χ4v) is 5.51. The first-order valence-electron chi connectivity index (χ1n) is 10.6. The summed E-state index contributed by atoms with van der Waals surface area (Å²) in [6, 6.07) is 11.9. The Labute approximate surface area is 178 Å². The van der Waals surface area contributed by atoms with Crippen molar-refractivity contribution in [2.45, 2.75) is 43.0 Å². The Morgan fingerprint density at radius 1 is 0.933 bits per heavy atom. The topological polar surface area (TPSA) is 82.6 Å². The highest BCUT2D eigenvalue weighted by Gasteiger charge is 2.29. The van der Waals surface area contributed by atoms with E-state index >= 15 is 0 Å². The first-order chi connectivity index (χ1) is 14.5. The number of nitrogens with zero attached hydrogens (tertiary/aromatic N) is 3. The van der Waals surface area contributed by atoms with Crippen LogP contribution < -0.4 is 9.62 Å². The van der Waals surface area contributed by atoms with E-state index in [1.165, 1.54) is 6.42 Å². The van der Waals surface area contributed by atoms with Gasteiger partial charge in [0.1, 0.15) is 5.82 Å². The smallest absolute Gasteiger partial charge is 0.257 e. The van der Waals surface area contributed by atoms with Gasteiger partial charge in [-0.25, -0.2) is 18.1 Å². The molecule has 2 aliphatic heterocycles. The number of pyridine rings is 1. The molecule has 1 amide bonds. The maximum absolute atomic E-state index is 13.2. The summed E-state index contributed by atoms with van der Waals surface area (Å²) in [6.07, 6.45) is 6.40. The number of hydrogen-bond donors (Lipinski definition) is 1. The number of sulfonamides is 1. The summed E-state index contributed by atoms with van der Waals surface area (Å²) in [5.41, 5.74) is 0.641. The average Bonchev–Trinajstić information content (AvgIpc) is 2.80. The molecule has 0 bridgehead atoms. The van der Waals surface area contributed by atoms with Gasteiger partial charge >= 0.3 is 0 Å². The van der Waals surface area contributed by atoms with Crippen LogP contribution in [0.3, 0.4) is 0 Å². The Hall–Kier alpha value is -2.45. The van der Waals surface area contributed by atoms with Gasteiger partial charge in [0.15, 0.2) is 0 Å². The normalized spacial score (nSPS) is 18.4. The molecule has 1 N–H and O–H groups in total. The second-order valence-corrected chi connectivity index (χ2v) is 9.64. The van der Waals surface area contributed by atoms with Crippen LogP contribution in [0.4, 0.5) is 5.82 Å². The number of carbonyl (C=O) groups excluding carboxylic acids is 1. The summed E-state index contributed by atoms with van der Waals surface area (Å²) in [6.45, 7) is 2.91. The monoisotopic (exact) mass is 428 g/mol. The molecular weight excluding hydrogens is 400 g/mol. The number of carbonyl (C=O) groups is 1. The summed E-state index contributed by atoms with van der Waals surface area (Å²) in [4.78, 5) is 22.0. The van der Waals surface area contributed by atoms with E-state index in [4.69, 9.17) is 0 Å². The molecule has 2 aromatic rings. The van der Waals surface area contributed by atoms with Gasteiger partial charge in [-0.05, 0) is 56.4 Å². The summed E-state index contributed by atoms with van der Waals surface area (Å²) < 4.78 is 27.9. The molecule has 2 aliphatic rings. The Bertz CT molecular complexity index is 967. The molecule has 2 fully saturated rings. The molecule has 30 heavy (non-hydrogen) atoms. The third kappa shape index (κ3) is 4.65. The van der Waals surface area contributed by atoms with E-state index in [2.05, 4.69) is 14.6 Å². The number of anilines is 1. The van der Waals surface area contributed by atoms with Crippen LogP contribution in [0.2, 0.25) is 0 Å². The lowest BCUT2D eigenvalue weighted by Gasteiger charge is -2.34. The minimum atomic E-state index is -3.54. The number of aromatic nitrogens is 1. The molecule has 7 nitrogen and oxygen atoms in total. The molecule has 3 heterocycles. The highest BCUT2D eigenvalue weighted by Crippen LogP contribution is 2.24. The fourth-order valence-electron chi connectivity index (χ4n) is 4.18. The van der Waals surface area contributed by atoms with Crippen molar-refractivity contribution >= 4 is 21.7 Å². The van der Waals surface area contributed by atoms with Crippen molar-refractivity contribution in [2.24, 2.45) is 0 Å². The van der Waals surface area contributed by atoms with E-state index in [0.29, 0.717) is 31.5 Å². The van der Waals surface area contributed by atoms with Crippen molar-refractivity contribution in [2.75, 3.05) is 31.1 Å². The van der Waals surface area contributed by atoms with Gasteiger partial charge in [-0.15, -0.1) is 0 Å². The zero-order valence-electron chi connectivity index (χ0n) is 17.0. The molecule has 0 radical (unpaired) electrons. The molecule has 0 spiro atoms. The summed E-state index contributed by atoms with van der Waals surface area (Å²) >= 11 is 0. The molecule has 0 atom stereocenters. The molecule has 1 aromatic carbocycles. The molecule has 0 unspecified atom stereocenters. The molecule has 0 saturated carbocycles. The van der Waals surface area contributed by atoms with Crippen LogP contribution in [-0.4, -0.2) is 56.4 Å². The molecule has 8 heteroatoms. The quantitative estimate of drug-likeness (QED) is 0.792. The molecule has 160 valence electrons. The largest absolute Gasteiger partial charge is 0.356 e. The minimum absolute atomic E-state index is 0.0203. The van der Waals surface area contributed by atoms with Crippen molar-refractivity contribution in [3.8, 4) is 0 Å². The van der Waals surface area contributed by atoms with E-state index in [1.54, 1.807) is 42.6 Å². The lowest BCUT2D eigenvalue weighted by atomic mass is 10.0. The Balaban J connectivity index is 1.39.